The van der Waals surface area contributed by atoms with Crippen molar-refractivity contribution < 1.29 is 0 Å². The summed E-state index contributed by atoms with van der Waals surface area (Å²) in [6.07, 6.45) is 6.58. The Morgan fingerprint density at radius 1 is 0.929 bits per heavy atom. The molecule has 0 saturated carbocycles. The zero-order valence-electron chi connectivity index (χ0n) is 15.5. The van der Waals surface area contributed by atoms with Crippen LogP contribution in [-0.4, -0.2) is 26.4 Å². The van der Waals surface area contributed by atoms with E-state index in [1.54, 1.807) is 6.20 Å². The van der Waals surface area contributed by atoms with Gasteiger partial charge in [0.1, 0.15) is 0 Å². The second-order valence-electron chi connectivity index (χ2n) is 7.00. The van der Waals surface area contributed by atoms with Gasteiger partial charge in [0.15, 0.2) is 5.82 Å². The van der Waals surface area contributed by atoms with E-state index >= 15 is 0 Å². The van der Waals surface area contributed by atoms with Gasteiger partial charge >= 0.3 is 0 Å². The lowest BCUT2D eigenvalue weighted by Gasteiger charge is -2.27. The van der Waals surface area contributed by atoms with Crippen molar-refractivity contribution in [3.8, 4) is 21.8 Å². The highest BCUT2D eigenvalue weighted by atomic mass is 32.1. The highest BCUT2D eigenvalue weighted by molar-refractivity contribution is 7.15. The second-order valence-corrected chi connectivity index (χ2v) is 8.17. The minimum absolute atomic E-state index is 0.760. The van der Waals surface area contributed by atoms with Gasteiger partial charge < -0.3 is 0 Å². The van der Waals surface area contributed by atoms with E-state index in [4.69, 9.17) is 4.98 Å². The molecule has 1 aliphatic heterocycles. The Bertz CT molecular complexity index is 1080. The molecular weight excluding hydrogens is 364 g/mol. The maximum Gasteiger partial charge on any atom is 0.160 e. The smallest absolute Gasteiger partial charge is 0.160 e. The highest BCUT2D eigenvalue weighted by Gasteiger charge is 2.19. The van der Waals surface area contributed by atoms with Gasteiger partial charge in [-0.25, -0.2) is 9.97 Å². The summed E-state index contributed by atoms with van der Waals surface area (Å²) in [6.45, 7) is 2.87. The van der Waals surface area contributed by atoms with Gasteiger partial charge in [-0.2, -0.15) is 0 Å². The first-order chi connectivity index (χ1) is 13.8. The quantitative estimate of drug-likeness (QED) is 0.506. The Kier molecular flexibility index (Phi) is 4.69. The number of hydrogen-bond acceptors (Lipinski definition) is 5. The normalized spacial score (nSPS) is 14.0. The van der Waals surface area contributed by atoms with Crippen molar-refractivity contribution in [2.45, 2.75) is 19.5 Å². The van der Waals surface area contributed by atoms with Gasteiger partial charge in [0.05, 0.1) is 5.69 Å². The largest absolute Gasteiger partial charge is 0.292 e. The van der Waals surface area contributed by atoms with Gasteiger partial charge in [0, 0.05) is 53.5 Å². The van der Waals surface area contributed by atoms with Crippen LogP contribution in [0.4, 0.5) is 0 Å². The van der Waals surface area contributed by atoms with Crippen LogP contribution in [0.15, 0.2) is 73.2 Å². The van der Waals surface area contributed by atoms with Crippen molar-refractivity contribution >= 4 is 11.3 Å². The number of pyridine rings is 1. The monoisotopic (exact) mass is 384 g/mol. The maximum atomic E-state index is 4.84. The van der Waals surface area contributed by atoms with Crippen LogP contribution in [0.5, 0.6) is 0 Å². The van der Waals surface area contributed by atoms with Crippen molar-refractivity contribution in [3.05, 3.63) is 89.3 Å². The molecule has 28 heavy (non-hydrogen) atoms. The molecule has 5 heteroatoms. The van der Waals surface area contributed by atoms with E-state index < -0.39 is 0 Å². The van der Waals surface area contributed by atoms with E-state index in [9.17, 15) is 0 Å². The van der Waals surface area contributed by atoms with Crippen LogP contribution in [0.2, 0.25) is 0 Å². The molecule has 0 atom stereocenters. The van der Waals surface area contributed by atoms with Crippen molar-refractivity contribution in [1.82, 2.24) is 19.9 Å². The number of hydrogen-bond donors (Lipinski definition) is 0. The van der Waals surface area contributed by atoms with Crippen molar-refractivity contribution in [1.29, 1.82) is 0 Å². The molecule has 1 aliphatic rings. The van der Waals surface area contributed by atoms with Crippen LogP contribution < -0.4 is 0 Å². The number of nitrogens with zero attached hydrogens (tertiary/aromatic N) is 4. The van der Waals surface area contributed by atoms with Crippen LogP contribution in [0.25, 0.3) is 21.8 Å². The Labute approximate surface area is 168 Å². The van der Waals surface area contributed by atoms with Gasteiger partial charge in [-0.3, -0.25) is 9.88 Å². The van der Waals surface area contributed by atoms with Crippen molar-refractivity contribution in [2.24, 2.45) is 0 Å². The number of aromatic nitrogens is 3. The number of rotatable bonds is 4. The van der Waals surface area contributed by atoms with E-state index in [-0.39, 0.29) is 0 Å². The summed E-state index contributed by atoms with van der Waals surface area (Å²) in [7, 11) is 0. The van der Waals surface area contributed by atoms with Gasteiger partial charge in [-0.05, 0) is 41.8 Å². The molecule has 0 saturated heterocycles. The lowest BCUT2D eigenvalue weighted by atomic mass is 10.1. The van der Waals surface area contributed by atoms with Crippen LogP contribution in [0.3, 0.4) is 0 Å². The summed E-state index contributed by atoms with van der Waals surface area (Å²) in [4.78, 5) is 18.8. The molecule has 0 N–H and O–H groups in total. The molecule has 5 rings (SSSR count). The molecule has 0 unspecified atom stereocenters. The Hall–Kier alpha value is -2.89. The Morgan fingerprint density at radius 3 is 2.68 bits per heavy atom. The molecule has 0 aliphatic carbocycles. The van der Waals surface area contributed by atoms with Crippen LogP contribution in [0.1, 0.15) is 16.1 Å². The van der Waals surface area contributed by atoms with E-state index in [1.165, 1.54) is 20.9 Å². The summed E-state index contributed by atoms with van der Waals surface area (Å²) in [5.74, 6) is 0.760. The van der Waals surface area contributed by atoms with Crippen molar-refractivity contribution in [3.63, 3.8) is 0 Å². The Balaban J connectivity index is 1.33. The lowest BCUT2D eigenvalue weighted by Crippen LogP contribution is -2.30. The lowest BCUT2D eigenvalue weighted by molar-refractivity contribution is 0.243. The van der Waals surface area contributed by atoms with E-state index in [1.807, 2.05) is 35.9 Å². The average molecular weight is 385 g/mol. The molecule has 0 bridgehead atoms. The maximum absolute atomic E-state index is 4.84. The third-order valence-corrected chi connectivity index (χ3v) is 6.16. The highest BCUT2D eigenvalue weighted by Crippen LogP contribution is 2.30. The number of benzene rings is 1. The van der Waals surface area contributed by atoms with E-state index in [0.717, 1.165) is 43.1 Å². The third-order valence-electron chi connectivity index (χ3n) is 5.04. The van der Waals surface area contributed by atoms with Gasteiger partial charge in [-0.1, -0.05) is 30.3 Å². The minimum atomic E-state index is 0.760. The van der Waals surface area contributed by atoms with Gasteiger partial charge in [0.2, 0.25) is 0 Å². The molecule has 4 aromatic rings. The molecular formula is C23H20N4S. The predicted octanol–water partition coefficient (Wildman–Crippen LogP) is 4.83. The first-order valence-electron chi connectivity index (χ1n) is 9.47. The summed E-state index contributed by atoms with van der Waals surface area (Å²) in [5, 5.41) is 0. The summed E-state index contributed by atoms with van der Waals surface area (Å²) < 4.78 is 0. The fourth-order valence-corrected chi connectivity index (χ4v) is 4.62. The molecule has 1 aromatic carbocycles. The van der Waals surface area contributed by atoms with E-state index in [2.05, 4.69) is 57.3 Å². The van der Waals surface area contributed by atoms with Crippen LogP contribution in [-0.2, 0) is 19.5 Å². The topological polar surface area (TPSA) is 41.9 Å². The third kappa shape index (κ3) is 3.59. The molecule has 3 aromatic heterocycles. The van der Waals surface area contributed by atoms with Gasteiger partial charge in [0.25, 0.3) is 0 Å². The molecule has 0 radical (unpaired) electrons. The van der Waals surface area contributed by atoms with Crippen LogP contribution in [0, 0.1) is 0 Å². The number of thiophene rings is 1. The summed E-state index contributed by atoms with van der Waals surface area (Å²) in [5.41, 5.74) is 4.66. The predicted molar refractivity (Wildman–Crippen MR) is 113 cm³/mol. The Morgan fingerprint density at radius 2 is 1.82 bits per heavy atom. The average Bonchev–Trinajstić information content (AvgIpc) is 3.23. The fourth-order valence-electron chi connectivity index (χ4n) is 3.57. The van der Waals surface area contributed by atoms with Crippen molar-refractivity contribution in [2.75, 3.05) is 6.54 Å². The van der Waals surface area contributed by atoms with Crippen LogP contribution >= 0.6 is 11.3 Å². The zero-order chi connectivity index (χ0) is 18.8. The zero-order valence-corrected chi connectivity index (χ0v) is 16.3. The second kappa shape index (κ2) is 7.62. The first-order valence-corrected chi connectivity index (χ1v) is 10.3. The molecule has 138 valence electrons. The SMILES string of the molecule is c1ccc(-c2ccc(CN3CCc4cnc(-c5cccnc5)nc4C3)s2)cc1. The fraction of sp³-hybridized carbons (Fsp3) is 0.174. The molecule has 0 fully saturated rings. The van der Waals surface area contributed by atoms with E-state index in [0.29, 0.717) is 0 Å². The molecule has 0 spiro atoms. The summed E-state index contributed by atoms with van der Waals surface area (Å²) in [6, 6.07) is 19.0. The standard InChI is InChI=1S/C23H20N4S/c1-2-5-17(6-3-1)22-9-8-20(28-22)15-27-12-10-18-14-25-23(26-21(18)16-27)19-7-4-11-24-13-19/h1-9,11,13-14H,10,12,15-16H2. The minimum Gasteiger partial charge on any atom is -0.292 e. The van der Waals surface area contributed by atoms with Gasteiger partial charge in [-0.15, -0.1) is 11.3 Å². The summed E-state index contributed by atoms with van der Waals surface area (Å²) >= 11 is 1.88. The molecule has 0 amide bonds. The molecule has 4 nitrogen and oxygen atoms in total. The molecule has 4 heterocycles. The first kappa shape index (κ1) is 17.2. The number of fused-ring (bicyclic) bond motifs is 1.